The summed E-state index contributed by atoms with van der Waals surface area (Å²) in [6.45, 7) is 1.23. The third-order valence-electron chi connectivity index (χ3n) is 2.54. The number of amides is 2. The Balaban J connectivity index is 2.85. The predicted molar refractivity (Wildman–Crippen MR) is 86.2 cm³/mol. The lowest BCUT2D eigenvalue weighted by Gasteiger charge is -2.13. The number of rotatable bonds is 5. The first-order valence-corrected chi connectivity index (χ1v) is 7.29. The van der Waals surface area contributed by atoms with Gasteiger partial charge in [-0.2, -0.15) is 13.2 Å². The molecule has 0 saturated carbocycles. The van der Waals surface area contributed by atoms with Crippen LogP contribution >= 0.6 is 23.2 Å². The summed E-state index contributed by atoms with van der Waals surface area (Å²) < 4.78 is 43.0. The largest absolute Gasteiger partial charge is 0.436 e. The number of hydrogen-bond donors (Lipinski definition) is 3. The minimum Gasteiger partial charge on any atom is -0.436 e. The van der Waals surface area contributed by atoms with E-state index in [4.69, 9.17) is 33.3 Å². The predicted octanol–water partition coefficient (Wildman–Crippen LogP) is 3.77. The number of allylic oxidation sites excluding steroid dienone is 1. The number of aldehydes is 1. The van der Waals surface area contributed by atoms with Gasteiger partial charge in [-0.1, -0.05) is 23.2 Å². The molecule has 1 rings (SSSR count). The average Bonchev–Trinajstić information content (AvgIpc) is 2.47. The van der Waals surface area contributed by atoms with Gasteiger partial charge in [-0.15, -0.1) is 0 Å². The molecule has 0 heterocycles. The van der Waals surface area contributed by atoms with Gasteiger partial charge in [0.15, 0.2) is 5.75 Å². The number of hydrogen-bond acceptors (Lipinski definition) is 4. The third kappa shape index (κ3) is 6.63. The van der Waals surface area contributed by atoms with E-state index in [9.17, 15) is 22.8 Å². The molecule has 0 spiro atoms. The van der Waals surface area contributed by atoms with Crippen molar-refractivity contribution in [3.05, 3.63) is 39.5 Å². The topological polar surface area (TPSA) is 91.3 Å². The lowest BCUT2D eigenvalue weighted by molar-refractivity contribution is -0.137. The Kier molecular flexibility index (Phi) is 7.25. The van der Waals surface area contributed by atoms with Crippen molar-refractivity contribution in [3.8, 4) is 5.75 Å². The summed E-state index contributed by atoms with van der Waals surface area (Å²) in [5.74, 6) is -0.854. The van der Waals surface area contributed by atoms with E-state index in [1.807, 2.05) is 0 Å². The molecular weight excluding hydrogens is 386 g/mol. The molecule has 11 heteroatoms. The highest BCUT2D eigenvalue weighted by molar-refractivity contribution is 6.37. The molecule has 0 aliphatic heterocycles. The molecule has 0 bridgehead atoms. The molecule has 0 radical (unpaired) electrons. The second-order valence-electron chi connectivity index (χ2n) is 4.56. The number of carbonyl (C=O) groups is 2. The number of carbonyl (C=O) groups excluding carboxylic acids is 2. The molecule has 25 heavy (non-hydrogen) atoms. The van der Waals surface area contributed by atoms with Gasteiger partial charge in [0.2, 0.25) is 5.90 Å². The van der Waals surface area contributed by atoms with Crippen molar-refractivity contribution in [1.29, 1.82) is 5.41 Å². The molecule has 0 aromatic heterocycles. The van der Waals surface area contributed by atoms with Crippen molar-refractivity contribution < 1.29 is 27.5 Å². The number of alkyl halides is 3. The van der Waals surface area contributed by atoms with Crippen molar-refractivity contribution in [2.45, 2.75) is 13.1 Å². The van der Waals surface area contributed by atoms with Gasteiger partial charge in [0.25, 0.3) is 0 Å². The summed E-state index contributed by atoms with van der Waals surface area (Å²) in [7, 11) is 0. The zero-order valence-corrected chi connectivity index (χ0v) is 14.1. The Morgan fingerprint density at radius 3 is 2.36 bits per heavy atom. The quantitative estimate of drug-likeness (QED) is 0.401. The highest BCUT2D eigenvalue weighted by Gasteiger charge is 2.32. The highest BCUT2D eigenvalue weighted by atomic mass is 35.5. The Bertz CT molecular complexity index is 698. The maximum atomic E-state index is 12.6. The molecule has 3 N–H and O–H groups in total. The van der Waals surface area contributed by atoms with Gasteiger partial charge in [-0.3, -0.25) is 5.41 Å². The number of halogens is 5. The first kappa shape index (κ1) is 20.8. The minimum absolute atomic E-state index is 0.174. The smallest absolute Gasteiger partial charge is 0.416 e. The zero-order valence-electron chi connectivity index (χ0n) is 12.6. The van der Waals surface area contributed by atoms with E-state index in [-0.39, 0.29) is 18.0 Å². The number of benzene rings is 1. The normalized spacial score (nSPS) is 11.7. The van der Waals surface area contributed by atoms with E-state index in [1.54, 1.807) is 0 Å². The maximum Gasteiger partial charge on any atom is 0.416 e. The van der Waals surface area contributed by atoms with Gasteiger partial charge in [0.1, 0.15) is 6.29 Å². The summed E-state index contributed by atoms with van der Waals surface area (Å²) in [6.07, 6.45) is -3.07. The highest BCUT2D eigenvalue weighted by Crippen LogP contribution is 2.39. The van der Waals surface area contributed by atoms with Gasteiger partial charge in [0.05, 0.1) is 22.2 Å². The Hall–Kier alpha value is -2.26. The zero-order chi connectivity index (χ0) is 19.2. The van der Waals surface area contributed by atoms with Gasteiger partial charge in [-0.05, 0) is 19.1 Å². The number of nitrogens with one attached hydrogen (secondary N) is 3. The molecule has 136 valence electrons. The van der Waals surface area contributed by atoms with Crippen LogP contribution in [0.4, 0.5) is 18.0 Å². The lowest BCUT2D eigenvalue weighted by atomic mass is 10.2. The van der Waals surface area contributed by atoms with Crippen LogP contribution in [0, 0.1) is 5.41 Å². The van der Waals surface area contributed by atoms with E-state index in [0.717, 1.165) is 6.08 Å². The fourth-order valence-electron chi connectivity index (χ4n) is 1.55. The molecule has 1 aromatic carbocycles. The summed E-state index contributed by atoms with van der Waals surface area (Å²) in [4.78, 5) is 21.4. The Morgan fingerprint density at radius 1 is 1.32 bits per heavy atom. The van der Waals surface area contributed by atoms with E-state index >= 15 is 0 Å². The van der Waals surface area contributed by atoms with Crippen LogP contribution in [0.5, 0.6) is 5.75 Å². The van der Waals surface area contributed by atoms with Gasteiger partial charge >= 0.3 is 12.2 Å². The van der Waals surface area contributed by atoms with Crippen LogP contribution in [-0.2, 0) is 11.0 Å². The van der Waals surface area contributed by atoms with Crippen molar-refractivity contribution >= 4 is 41.4 Å². The Labute approximate surface area is 150 Å². The summed E-state index contributed by atoms with van der Waals surface area (Å²) in [5, 5.41) is 11.3. The van der Waals surface area contributed by atoms with E-state index in [0.29, 0.717) is 18.4 Å². The molecule has 2 amide bonds. The molecule has 0 aliphatic carbocycles. The van der Waals surface area contributed by atoms with Gasteiger partial charge in [0, 0.05) is 11.8 Å². The fraction of sp³-hybridized carbons (Fsp3) is 0.214. The lowest BCUT2D eigenvalue weighted by Crippen LogP contribution is -2.35. The molecule has 0 atom stereocenters. The van der Waals surface area contributed by atoms with Crippen molar-refractivity contribution in [2.24, 2.45) is 0 Å². The number of ether oxygens (including phenoxy) is 1. The molecule has 0 aliphatic rings. The average molecular weight is 398 g/mol. The molecule has 0 unspecified atom stereocenters. The van der Waals surface area contributed by atoms with Crippen molar-refractivity contribution in [3.63, 3.8) is 0 Å². The van der Waals surface area contributed by atoms with Crippen LogP contribution in [-0.4, -0.2) is 24.8 Å². The third-order valence-corrected chi connectivity index (χ3v) is 3.10. The monoisotopic (exact) mass is 397 g/mol. The van der Waals surface area contributed by atoms with E-state index < -0.39 is 33.7 Å². The van der Waals surface area contributed by atoms with Crippen LogP contribution in [0.25, 0.3) is 0 Å². The van der Waals surface area contributed by atoms with E-state index in [1.165, 1.54) is 6.92 Å². The molecular formula is C14H12Cl2F3N3O3. The standard InChI is InChI=1S/C14H12Cl2F3N3O3/c1-7(22-13(24)21-2-3-23)4-11(20)25-12-9(15)5-8(6-10(12)16)14(17,18)19/h3-6,20H,2H2,1H3,(H2,21,22,24)/b7-4-,20-11?. The first-order valence-electron chi connectivity index (χ1n) is 6.54. The van der Waals surface area contributed by atoms with E-state index in [2.05, 4.69) is 10.6 Å². The molecule has 0 fully saturated rings. The van der Waals surface area contributed by atoms with Crippen LogP contribution in [0.2, 0.25) is 10.0 Å². The minimum atomic E-state index is -4.63. The van der Waals surface area contributed by atoms with Crippen LogP contribution < -0.4 is 15.4 Å². The SMILES string of the molecule is C/C(=C/C(=N)Oc1c(Cl)cc(C(F)(F)F)cc1Cl)NC(=O)NCC=O. The van der Waals surface area contributed by atoms with Gasteiger partial charge in [-0.25, -0.2) is 4.79 Å². The first-order chi connectivity index (χ1) is 11.5. The summed E-state index contributed by atoms with van der Waals surface area (Å²) in [6, 6.07) is 0.564. The number of urea groups is 1. The fourth-order valence-corrected chi connectivity index (χ4v) is 2.12. The second-order valence-corrected chi connectivity index (χ2v) is 5.38. The van der Waals surface area contributed by atoms with Crippen LogP contribution in [0.3, 0.4) is 0 Å². The molecule has 0 saturated heterocycles. The van der Waals surface area contributed by atoms with Crippen LogP contribution in [0.1, 0.15) is 12.5 Å². The molecule has 6 nitrogen and oxygen atoms in total. The summed E-state index contributed by atoms with van der Waals surface area (Å²) >= 11 is 11.4. The maximum absolute atomic E-state index is 12.6. The Morgan fingerprint density at radius 2 is 1.88 bits per heavy atom. The van der Waals surface area contributed by atoms with Gasteiger partial charge < -0.3 is 20.2 Å². The van der Waals surface area contributed by atoms with Crippen LogP contribution in [0.15, 0.2) is 23.9 Å². The second kappa shape index (κ2) is 8.72. The summed E-state index contributed by atoms with van der Waals surface area (Å²) in [5.41, 5.74) is -0.880. The van der Waals surface area contributed by atoms with Crippen molar-refractivity contribution in [2.75, 3.05) is 6.54 Å². The molecule has 1 aromatic rings. The van der Waals surface area contributed by atoms with Crippen molar-refractivity contribution in [1.82, 2.24) is 10.6 Å².